The molecule has 9 aromatic rings. The molecule has 5 heteroatoms. The van der Waals surface area contributed by atoms with Gasteiger partial charge in [-0.25, -0.2) is 4.98 Å². The van der Waals surface area contributed by atoms with E-state index >= 15 is 0 Å². The summed E-state index contributed by atoms with van der Waals surface area (Å²) < 4.78 is 11.4. The molecular formula is C67H70N3OPt-. The number of aromatic nitrogens is 3. The molecule has 0 aliphatic heterocycles. The van der Waals surface area contributed by atoms with Crippen LogP contribution in [0.5, 0.6) is 5.75 Å². The van der Waals surface area contributed by atoms with Crippen LogP contribution in [0.25, 0.3) is 83.9 Å². The molecule has 0 saturated heterocycles. The number of benzene rings is 7. The molecule has 1 N–H and O–H groups in total. The van der Waals surface area contributed by atoms with Gasteiger partial charge in [-0.1, -0.05) is 217 Å². The molecule has 0 bridgehead atoms. The van der Waals surface area contributed by atoms with E-state index in [4.69, 9.17) is 9.97 Å². The molecule has 0 unspecified atom stereocenters. The summed E-state index contributed by atoms with van der Waals surface area (Å²) in [7, 11) is 0. The third kappa shape index (κ3) is 10.4. The van der Waals surface area contributed by atoms with Crippen LogP contribution in [0.1, 0.15) is 132 Å². The average molecular weight is 1130 g/mol. The second-order valence-electron chi connectivity index (χ2n) is 23.7. The van der Waals surface area contributed by atoms with E-state index in [2.05, 4.69) is 239 Å². The Morgan fingerprint density at radius 1 is 0.514 bits per heavy atom. The van der Waals surface area contributed by atoms with Crippen LogP contribution in [0.2, 0.25) is 0 Å². The second kappa shape index (κ2) is 19.6. The van der Waals surface area contributed by atoms with Crippen LogP contribution in [0, 0.1) is 6.07 Å². The quantitative estimate of drug-likeness (QED) is 0.154. The van der Waals surface area contributed by atoms with Gasteiger partial charge in [0.2, 0.25) is 0 Å². The summed E-state index contributed by atoms with van der Waals surface area (Å²) in [5, 5.41) is 12.7. The first-order valence-electron chi connectivity index (χ1n) is 25.6. The van der Waals surface area contributed by atoms with Gasteiger partial charge in [-0.3, -0.25) is 9.55 Å². The summed E-state index contributed by atoms with van der Waals surface area (Å²) in [4.78, 5) is 10.7. The van der Waals surface area contributed by atoms with Crippen molar-refractivity contribution < 1.29 is 27.5 Å². The Balaban J connectivity index is 0.00000711. The number of pyridine rings is 1. The Hall–Kier alpha value is -6.35. The van der Waals surface area contributed by atoms with Crippen LogP contribution in [-0.4, -0.2) is 19.6 Å². The molecular weight excluding hydrogens is 1060 g/mol. The number of hydrogen-bond donors (Lipinski definition) is 1. The minimum absolute atomic E-state index is 0. The topological polar surface area (TPSA) is 50.9 Å². The van der Waals surface area contributed by atoms with Gasteiger partial charge in [0.15, 0.2) is 0 Å². The van der Waals surface area contributed by atoms with Crippen LogP contribution >= 0.6 is 0 Å². The van der Waals surface area contributed by atoms with Crippen molar-refractivity contribution in [2.24, 2.45) is 0 Å². The predicted molar refractivity (Wildman–Crippen MR) is 301 cm³/mol. The van der Waals surface area contributed by atoms with Crippen molar-refractivity contribution in [1.29, 1.82) is 0 Å². The Labute approximate surface area is 445 Å². The second-order valence-corrected chi connectivity index (χ2v) is 23.7. The molecule has 7 aromatic carbocycles. The van der Waals surface area contributed by atoms with Crippen molar-refractivity contribution in [3.63, 3.8) is 0 Å². The maximum Gasteiger partial charge on any atom is 0.148 e. The molecule has 0 aliphatic rings. The maximum atomic E-state index is 12.7. The van der Waals surface area contributed by atoms with E-state index in [1.807, 2.05) is 26.1 Å². The van der Waals surface area contributed by atoms with Gasteiger partial charge >= 0.3 is 0 Å². The summed E-state index contributed by atoms with van der Waals surface area (Å²) in [6.07, 6.45) is 1.90. The SMILES string of the molecule is [2H]C(C)(C)c1ccc(-n2c(-c3cc(C(C)(C)C)cc(C(C)(C)C)c3O)nc3c(-c4[c-]c(-c5cc(-c6ccc(-c7ccccc7)cc6)ccn5)cc(C(C)(C)C)c4)cccc32)c(-c2ccc(C(C)(C)C)cc2)c1.[Pt]. The smallest absolute Gasteiger partial charge is 0.148 e. The minimum Gasteiger partial charge on any atom is -0.507 e. The van der Waals surface area contributed by atoms with Crippen LogP contribution in [0.4, 0.5) is 0 Å². The fourth-order valence-corrected chi connectivity index (χ4v) is 9.50. The van der Waals surface area contributed by atoms with Gasteiger partial charge in [-0.15, -0.1) is 29.3 Å². The number of hydrogen-bond acceptors (Lipinski definition) is 3. The molecule has 370 valence electrons. The number of nitrogens with zero attached hydrogens (tertiary/aromatic N) is 3. The van der Waals surface area contributed by atoms with Crippen LogP contribution < -0.4 is 0 Å². The number of imidazole rings is 1. The summed E-state index contributed by atoms with van der Waals surface area (Å²) in [5.41, 5.74) is 17.9. The van der Waals surface area contributed by atoms with Crippen LogP contribution in [0.3, 0.4) is 0 Å². The van der Waals surface area contributed by atoms with Crippen molar-refractivity contribution in [3.05, 3.63) is 192 Å². The average Bonchev–Trinajstić information content (AvgIpc) is 3.72. The number of rotatable bonds is 8. The van der Waals surface area contributed by atoms with E-state index < -0.39 is 5.89 Å². The van der Waals surface area contributed by atoms with E-state index in [-0.39, 0.29) is 48.5 Å². The predicted octanol–water partition coefficient (Wildman–Crippen LogP) is 18.2. The largest absolute Gasteiger partial charge is 0.507 e. The van der Waals surface area contributed by atoms with E-state index in [1.54, 1.807) is 0 Å². The molecule has 72 heavy (non-hydrogen) atoms. The normalized spacial score (nSPS) is 12.7. The number of phenols is 1. The molecule has 0 atom stereocenters. The van der Waals surface area contributed by atoms with Gasteiger partial charge in [0.1, 0.15) is 11.6 Å². The number of para-hydroxylation sites is 1. The molecule has 0 aliphatic carbocycles. The van der Waals surface area contributed by atoms with Gasteiger partial charge in [0, 0.05) is 45.5 Å². The zero-order valence-electron chi connectivity index (χ0n) is 45.6. The molecule has 0 fully saturated rings. The van der Waals surface area contributed by atoms with Crippen molar-refractivity contribution in [3.8, 4) is 78.6 Å². The zero-order valence-corrected chi connectivity index (χ0v) is 46.9. The molecule has 0 spiro atoms. The number of aromatic hydroxyl groups is 1. The van der Waals surface area contributed by atoms with Crippen LogP contribution in [0.15, 0.2) is 158 Å². The number of fused-ring (bicyclic) bond motifs is 1. The number of phenolic OH excluding ortho intramolecular Hbond substituents is 1. The molecule has 0 radical (unpaired) electrons. The molecule has 2 heterocycles. The van der Waals surface area contributed by atoms with E-state index in [1.165, 1.54) is 16.7 Å². The molecule has 4 nitrogen and oxygen atoms in total. The van der Waals surface area contributed by atoms with Crippen molar-refractivity contribution in [1.82, 2.24) is 14.5 Å². The zero-order chi connectivity index (χ0) is 51.7. The third-order valence-corrected chi connectivity index (χ3v) is 14.0. The summed E-state index contributed by atoms with van der Waals surface area (Å²) in [6.45, 7) is 30.5. The van der Waals surface area contributed by atoms with Crippen molar-refractivity contribution in [2.75, 3.05) is 0 Å². The fourth-order valence-electron chi connectivity index (χ4n) is 9.50. The summed E-state index contributed by atoms with van der Waals surface area (Å²) in [6, 6.07) is 57.7. The molecule has 0 amide bonds. The van der Waals surface area contributed by atoms with E-state index in [0.29, 0.717) is 11.4 Å². The molecule has 9 rings (SSSR count). The van der Waals surface area contributed by atoms with Gasteiger partial charge in [-0.2, -0.15) is 0 Å². The Bertz CT molecular complexity index is 3460. The Morgan fingerprint density at radius 3 is 1.71 bits per heavy atom. The van der Waals surface area contributed by atoms with Gasteiger partial charge < -0.3 is 5.11 Å². The minimum atomic E-state index is -0.848. The molecule has 2 aromatic heterocycles. The maximum absolute atomic E-state index is 12.7. The van der Waals surface area contributed by atoms with E-state index in [9.17, 15) is 6.48 Å². The first-order chi connectivity index (χ1) is 33.8. The van der Waals surface area contributed by atoms with Crippen molar-refractivity contribution in [2.45, 2.75) is 124 Å². The fraction of sp³-hybridized carbons (Fsp3) is 0.284. The van der Waals surface area contributed by atoms with Crippen LogP contribution in [-0.2, 0) is 42.7 Å². The Kier molecular flexibility index (Phi) is 13.8. The standard InChI is InChI=1S/C67H70N3O.Pt/c1-42(2)47-29-32-59(55(38-47)46-27-30-51(31-28-46)64(3,4)5)70-60-22-18-21-54(61(60)69-63(70)56-40-53(66(9,10)11)41-57(62(56)71)67(12,13)14)49-35-50(37-52(36-49)65(6,7)8)58-39-48(33-34-68-58)45-25-23-44(24-26-45)43-19-16-15-17-20-43;/h15-34,36-42,71H,1-14H3;/q-1;/i42D;. The monoisotopic (exact) mass is 1130 g/mol. The third-order valence-electron chi connectivity index (χ3n) is 14.0. The van der Waals surface area contributed by atoms with Gasteiger partial charge in [0.25, 0.3) is 0 Å². The van der Waals surface area contributed by atoms with E-state index in [0.717, 1.165) is 83.6 Å². The first-order valence-corrected chi connectivity index (χ1v) is 25.1. The summed E-state index contributed by atoms with van der Waals surface area (Å²) in [5.74, 6) is 0.00851. The summed E-state index contributed by atoms with van der Waals surface area (Å²) >= 11 is 0. The Morgan fingerprint density at radius 2 is 1.10 bits per heavy atom. The van der Waals surface area contributed by atoms with Gasteiger partial charge in [-0.05, 0) is 102 Å². The van der Waals surface area contributed by atoms with Gasteiger partial charge in [0.05, 0.1) is 22.3 Å². The first kappa shape index (κ1) is 50.6. The molecule has 0 saturated carbocycles. The van der Waals surface area contributed by atoms with Crippen molar-refractivity contribution >= 4 is 11.0 Å².